The lowest BCUT2D eigenvalue weighted by molar-refractivity contribution is -0.274. The summed E-state index contributed by atoms with van der Waals surface area (Å²) in [7, 11) is 0. The molecular formula is C18H25F3N4O2. The number of rotatable bonds is 4. The lowest BCUT2D eigenvalue weighted by Crippen LogP contribution is -2.50. The van der Waals surface area contributed by atoms with Gasteiger partial charge in [-0.1, -0.05) is 12.8 Å². The maximum absolute atomic E-state index is 12.5. The minimum atomic E-state index is -4.71. The van der Waals surface area contributed by atoms with Gasteiger partial charge in [0.25, 0.3) is 0 Å². The molecular weight excluding hydrogens is 361 g/mol. The van der Waals surface area contributed by atoms with Crippen molar-refractivity contribution < 1.29 is 22.7 Å². The summed E-state index contributed by atoms with van der Waals surface area (Å²) < 4.78 is 40.5. The number of likely N-dealkylation sites (tertiary alicyclic amines) is 1. The number of halogens is 3. The molecule has 0 aliphatic carbocycles. The molecule has 1 aromatic heterocycles. The van der Waals surface area contributed by atoms with Crippen molar-refractivity contribution in [3.05, 3.63) is 18.3 Å². The molecule has 150 valence electrons. The zero-order valence-electron chi connectivity index (χ0n) is 15.2. The number of alkyl halides is 3. The molecule has 0 atom stereocenters. The van der Waals surface area contributed by atoms with Crippen LogP contribution in [0.3, 0.4) is 0 Å². The quantitative estimate of drug-likeness (QED) is 0.796. The number of hydrogen-bond acceptors (Lipinski definition) is 5. The molecule has 0 aromatic carbocycles. The number of anilines is 1. The molecule has 0 N–H and O–H groups in total. The molecule has 2 aliphatic rings. The van der Waals surface area contributed by atoms with Crippen LogP contribution in [0.25, 0.3) is 0 Å². The SMILES string of the molecule is O=C(CN1CCN(c2ccc(OC(F)(F)F)cn2)CC1)N1CCCCCC1. The van der Waals surface area contributed by atoms with E-state index in [1.54, 1.807) is 0 Å². The number of ether oxygens (including phenoxy) is 1. The van der Waals surface area contributed by atoms with Crippen molar-refractivity contribution in [3.63, 3.8) is 0 Å². The van der Waals surface area contributed by atoms with Gasteiger partial charge >= 0.3 is 6.36 Å². The topological polar surface area (TPSA) is 48.9 Å². The van der Waals surface area contributed by atoms with E-state index in [-0.39, 0.29) is 11.7 Å². The van der Waals surface area contributed by atoms with Crippen LogP contribution >= 0.6 is 0 Å². The van der Waals surface area contributed by atoms with Crippen LogP contribution in [-0.4, -0.2) is 72.9 Å². The second kappa shape index (κ2) is 8.77. The van der Waals surface area contributed by atoms with Crippen molar-refractivity contribution >= 4 is 11.7 Å². The molecule has 0 bridgehead atoms. The van der Waals surface area contributed by atoms with E-state index in [1.165, 1.54) is 25.0 Å². The largest absolute Gasteiger partial charge is 0.573 e. The molecule has 1 aromatic rings. The normalized spacial score (nSPS) is 19.7. The number of nitrogens with zero attached hydrogens (tertiary/aromatic N) is 4. The summed E-state index contributed by atoms with van der Waals surface area (Å²) in [5.74, 6) is 0.480. The molecule has 27 heavy (non-hydrogen) atoms. The van der Waals surface area contributed by atoms with Crippen molar-refractivity contribution in [2.75, 3.05) is 50.7 Å². The van der Waals surface area contributed by atoms with Crippen LogP contribution in [-0.2, 0) is 4.79 Å². The summed E-state index contributed by atoms with van der Waals surface area (Å²) in [4.78, 5) is 22.6. The van der Waals surface area contributed by atoms with Gasteiger partial charge in [-0.15, -0.1) is 13.2 Å². The summed E-state index contributed by atoms with van der Waals surface area (Å²) in [6, 6.07) is 2.80. The molecule has 0 spiro atoms. The molecule has 6 nitrogen and oxygen atoms in total. The van der Waals surface area contributed by atoms with E-state index in [0.29, 0.717) is 25.5 Å². The fraction of sp³-hybridized carbons (Fsp3) is 0.667. The van der Waals surface area contributed by atoms with Gasteiger partial charge in [0.15, 0.2) is 0 Å². The van der Waals surface area contributed by atoms with E-state index in [9.17, 15) is 18.0 Å². The minimum absolute atomic E-state index is 0.192. The highest BCUT2D eigenvalue weighted by Crippen LogP contribution is 2.24. The lowest BCUT2D eigenvalue weighted by atomic mass is 10.2. The van der Waals surface area contributed by atoms with Gasteiger partial charge in [-0.2, -0.15) is 0 Å². The molecule has 2 aliphatic heterocycles. The zero-order chi connectivity index (χ0) is 19.3. The summed E-state index contributed by atoms with van der Waals surface area (Å²) in [5.41, 5.74) is 0. The number of amides is 1. The van der Waals surface area contributed by atoms with Crippen molar-refractivity contribution in [1.29, 1.82) is 0 Å². The Kier molecular flexibility index (Phi) is 6.41. The molecule has 3 rings (SSSR count). The molecule has 2 saturated heterocycles. The number of pyridine rings is 1. The van der Waals surface area contributed by atoms with Crippen molar-refractivity contribution in [2.24, 2.45) is 0 Å². The number of carbonyl (C=O) groups excluding carboxylic acids is 1. The van der Waals surface area contributed by atoms with Crippen molar-refractivity contribution in [3.8, 4) is 5.75 Å². The highest BCUT2D eigenvalue weighted by molar-refractivity contribution is 5.78. The van der Waals surface area contributed by atoms with Gasteiger partial charge in [0.2, 0.25) is 5.91 Å². The molecule has 0 unspecified atom stereocenters. The number of piperazine rings is 1. The first-order valence-electron chi connectivity index (χ1n) is 9.37. The van der Waals surface area contributed by atoms with E-state index in [1.807, 2.05) is 9.80 Å². The first-order chi connectivity index (χ1) is 12.9. The highest BCUT2D eigenvalue weighted by atomic mass is 19.4. The van der Waals surface area contributed by atoms with Gasteiger partial charge in [0.05, 0.1) is 12.7 Å². The average Bonchev–Trinajstić information content (AvgIpc) is 2.91. The van der Waals surface area contributed by atoms with Gasteiger partial charge < -0.3 is 14.5 Å². The van der Waals surface area contributed by atoms with Gasteiger partial charge in [-0.05, 0) is 25.0 Å². The van der Waals surface area contributed by atoms with E-state index < -0.39 is 6.36 Å². The van der Waals surface area contributed by atoms with E-state index in [4.69, 9.17) is 0 Å². The number of aromatic nitrogens is 1. The molecule has 2 fully saturated rings. The monoisotopic (exact) mass is 386 g/mol. The van der Waals surface area contributed by atoms with Crippen LogP contribution in [0.5, 0.6) is 5.75 Å². The fourth-order valence-electron chi connectivity index (χ4n) is 3.50. The van der Waals surface area contributed by atoms with Crippen molar-refractivity contribution in [2.45, 2.75) is 32.0 Å². The Morgan fingerprint density at radius 2 is 1.67 bits per heavy atom. The smallest absolute Gasteiger partial charge is 0.404 e. The second-order valence-corrected chi connectivity index (χ2v) is 6.96. The Morgan fingerprint density at radius 1 is 1.00 bits per heavy atom. The summed E-state index contributed by atoms with van der Waals surface area (Å²) in [5, 5.41) is 0. The third-order valence-corrected chi connectivity index (χ3v) is 4.97. The number of hydrogen-bond donors (Lipinski definition) is 0. The van der Waals surface area contributed by atoms with Gasteiger partial charge in [-0.25, -0.2) is 4.98 Å². The standard InChI is InChI=1S/C18H25F3N4O2/c19-18(20,21)27-15-5-6-16(22-13-15)24-11-9-23(10-12-24)14-17(26)25-7-3-1-2-4-8-25/h5-6,13H,1-4,7-12,14H2. The Morgan fingerprint density at radius 3 is 2.22 bits per heavy atom. The third-order valence-electron chi connectivity index (χ3n) is 4.97. The maximum Gasteiger partial charge on any atom is 0.573 e. The fourth-order valence-corrected chi connectivity index (χ4v) is 3.50. The summed E-state index contributed by atoms with van der Waals surface area (Å²) in [6.07, 6.45) is 0.926. The van der Waals surface area contributed by atoms with Gasteiger partial charge in [-0.3, -0.25) is 9.69 Å². The number of carbonyl (C=O) groups is 1. The Hall–Kier alpha value is -2.03. The highest BCUT2D eigenvalue weighted by Gasteiger charge is 2.31. The van der Waals surface area contributed by atoms with Crippen LogP contribution < -0.4 is 9.64 Å². The average molecular weight is 386 g/mol. The molecule has 0 saturated carbocycles. The first kappa shape index (κ1) is 19.7. The Balaban J connectivity index is 1.46. The molecule has 9 heteroatoms. The van der Waals surface area contributed by atoms with Gasteiger partial charge in [0, 0.05) is 39.3 Å². The lowest BCUT2D eigenvalue weighted by Gasteiger charge is -2.36. The molecule has 3 heterocycles. The third kappa shape index (κ3) is 5.98. The molecule has 0 radical (unpaired) electrons. The summed E-state index contributed by atoms with van der Waals surface area (Å²) in [6.45, 7) is 4.95. The first-order valence-corrected chi connectivity index (χ1v) is 9.37. The Labute approximate surface area is 156 Å². The van der Waals surface area contributed by atoms with Crippen LogP contribution in [0.2, 0.25) is 0 Å². The summed E-state index contributed by atoms with van der Waals surface area (Å²) >= 11 is 0. The second-order valence-electron chi connectivity index (χ2n) is 6.96. The maximum atomic E-state index is 12.5. The predicted molar refractivity (Wildman–Crippen MR) is 94.6 cm³/mol. The van der Waals surface area contributed by atoms with E-state index in [0.717, 1.165) is 45.2 Å². The van der Waals surface area contributed by atoms with Gasteiger partial charge in [0.1, 0.15) is 11.6 Å². The predicted octanol–water partition coefficient (Wildman–Crippen LogP) is 2.50. The van der Waals surface area contributed by atoms with Crippen LogP contribution in [0.1, 0.15) is 25.7 Å². The molecule has 1 amide bonds. The van der Waals surface area contributed by atoms with E-state index in [2.05, 4.69) is 14.6 Å². The van der Waals surface area contributed by atoms with Crippen molar-refractivity contribution in [1.82, 2.24) is 14.8 Å². The Bertz CT molecular complexity index is 608. The minimum Gasteiger partial charge on any atom is -0.404 e. The van der Waals surface area contributed by atoms with Crippen LogP contribution in [0.15, 0.2) is 18.3 Å². The van der Waals surface area contributed by atoms with Crippen LogP contribution in [0, 0.1) is 0 Å². The van der Waals surface area contributed by atoms with E-state index >= 15 is 0 Å². The van der Waals surface area contributed by atoms with Crippen LogP contribution in [0.4, 0.5) is 19.0 Å². The zero-order valence-corrected chi connectivity index (χ0v) is 15.2.